The van der Waals surface area contributed by atoms with Gasteiger partial charge in [-0.3, -0.25) is 4.79 Å². The summed E-state index contributed by atoms with van der Waals surface area (Å²) < 4.78 is 14.1. The van der Waals surface area contributed by atoms with Gasteiger partial charge in [0, 0.05) is 23.5 Å². The molecule has 6 heteroatoms. The van der Waals surface area contributed by atoms with Crippen molar-refractivity contribution < 1.29 is 9.18 Å². The second kappa shape index (κ2) is 7.31. The molecule has 0 radical (unpaired) electrons. The van der Waals surface area contributed by atoms with Crippen LogP contribution in [0, 0.1) is 5.82 Å². The second-order valence-corrected chi connectivity index (χ2v) is 6.93. The number of likely N-dealkylation sites (tertiary alicyclic amines) is 1. The summed E-state index contributed by atoms with van der Waals surface area (Å²) in [5.41, 5.74) is 7.74. The molecule has 1 aliphatic rings. The number of aromatic nitrogens is 2. The van der Waals surface area contributed by atoms with Crippen LogP contribution in [0.25, 0.3) is 10.9 Å². The van der Waals surface area contributed by atoms with E-state index in [9.17, 15) is 9.18 Å². The number of carbonyl (C=O) groups is 1. The summed E-state index contributed by atoms with van der Waals surface area (Å²) in [5.74, 6) is 0.137. The number of nitrogens with two attached hydrogens (primary N) is 1. The van der Waals surface area contributed by atoms with E-state index in [1.807, 2.05) is 11.0 Å². The third kappa shape index (κ3) is 3.47. The largest absolute Gasteiger partial charge is 0.383 e. The molecule has 1 aliphatic heterocycles. The van der Waals surface area contributed by atoms with Crippen molar-refractivity contribution in [2.75, 3.05) is 12.3 Å². The fourth-order valence-electron chi connectivity index (χ4n) is 3.77. The average molecular weight is 364 g/mol. The highest BCUT2D eigenvalue weighted by Crippen LogP contribution is 2.25. The Kier molecular flexibility index (Phi) is 4.71. The number of amides is 1. The highest BCUT2D eigenvalue weighted by atomic mass is 19.1. The van der Waals surface area contributed by atoms with Crippen LogP contribution in [0.5, 0.6) is 0 Å². The van der Waals surface area contributed by atoms with Gasteiger partial charge in [0.1, 0.15) is 18.0 Å². The van der Waals surface area contributed by atoms with Crippen LogP contribution >= 0.6 is 0 Å². The summed E-state index contributed by atoms with van der Waals surface area (Å²) in [6.45, 7) is 0.682. The van der Waals surface area contributed by atoms with Crippen LogP contribution in [0.1, 0.15) is 35.2 Å². The molecule has 5 nitrogen and oxygen atoms in total. The standard InChI is InChI=1S/C21H21FN4O/c22-18-7-2-1-5-14(18)11-16-6-3-4-10-26(16)21(27)15-8-9-17-19(12-15)24-13-25-20(17)23/h1-2,5,7-9,12-13,16H,3-4,6,10-11H2,(H2,23,24,25). The molecule has 2 heterocycles. The number of benzene rings is 2. The minimum Gasteiger partial charge on any atom is -0.383 e. The zero-order valence-electron chi connectivity index (χ0n) is 14.9. The summed E-state index contributed by atoms with van der Waals surface area (Å²) in [5, 5.41) is 0.732. The van der Waals surface area contributed by atoms with E-state index in [0.717, 1.165) is 24.6 Å². The van der Waals surface area contributed by atoms with Gasteiger partial charge in [-0.1, -0.05) is 18.2 Å². The van der Waals surface area contributed by atoms with Crippen molar-refractivity contribution in [3.63, 3.8) is 0 Å². The van der Waals surface area contributed by atoms with Crippen molar-refractivity contribution in [3.8, 4) is 0 Å². The molecule has 0 bridgehead atoms. The first-order valence-electron chi connectivity index (χ1n) is 9.18. The Bertz CT molecular complexity index is 991. The van der Waals surface area contributed by atoms with Gasteiger partial charge >= 0.3 is 0 Å². The molecule has 1 amide bonds. The molecule has 3 aromatic rings. The highest BCUT2D eigenvalue weighted by Gasteiger charge is 2.28. The summed E-state index contributed by atoms with van der Waals surface area (Å²) in [4.78, 5) is 23.2. The van der Waals surface area contributed by atoms with Gasteiger partial charge in [-0.05, 0) is 55.5 Å². The molecular weight excluding hydrogens is 343 g/mol. The van der Waals surface area contributed by atoms with Crippen molar-refractivity contribution >= 4 is 22.6 Å². The topological polar surface area (TPSA) is 72.1 Å². The molecule has 0 spiro atoms. The van der Waals surface area contributed by atoms with E-state index in [-0.39, 0.29) is 17.8 Å². The number of nitrogens with zero attached hydrogens (tertiary/aromatic N) is 3. The Morgan fingerprint density at radius 3 is 2.89 bits per heavy atom. The van der Waals surface area contributed by atoms with Gasteiger partial charge < -0.3 is 10.6 Å². The third-order valence-corrected chi connectivity index (χ3v) is 5.22. The Hall–Kier alpha value is -3.02. The summed E-state index contributed by atoms with van der Waals surface area (Å²) in [7, 11) is 0. The van der Waals surface area contributed by atoms with E-state index in [1.54, 1.807) is 30.3 Å². The quantitative estimate of drug-likeness (QED) is 0.771. The van der Waals surface area contributed by atoms with Gasteiger partial charge in [0.05, 0.1) is 5.52 Å². The number of fused-ring (bicyclic) bond motifs is 1. The SMILES string of the molecule is Nc1ncnc2cc(C(=O)N3CCCCC3Cc3ccccc3F)ccc12. The molecule has 1 unspecified atom stereocenters. The van der Waals surface area contributed by atoms with Gasteiger partial charge in [0.2, 0.25) is 0 Å². The predicted octanol–water partition coefficient (Wildman–Crippen LogP) is 3.59. The lowest BCUT2D eigenvalue weighted by atomic mass is 9.94. The van der Waals surface area contributed by atoms with Gasteiger partial charge in [-0.2, -0.15) is 0 Å². The monoisotopic (exact) mass is 364 g/mol. The lowest BCUT2D eigenvalue weighted by molar-refractivity contribution is 0.0612. The number of piperidine rings is 1. The van der Waals surface area contributed by atoms with Crippen LogP contribution in [-0.4, -0.2) is 33.4 Å². The van der Waals surface area contributed by atoms with Gasteiger partial charge in [0.15, 0.2) is 0 Å². The van der Waals surface area contributed by atoms with E-state index in [1.165, 1.54) is 12.4 Å². The maximum Gasteiger partial charge on any atom is 0.254 e. The van der Waals surface area contributed by atoms with E-state index in [2.05, 4.69) is 9.97 Å². The molecule has 1 saturated heterocycles. The predicted molar refractivity (Wildman–Crippen MR) is 103 cm³/mol. The van der Waals surface area contributed by atoms with E-state index in [4.69, 9.17) is 5.73 Å². The van der Waals surface area contributed by atoms with Crippen LogP contribution < -0.4 is 5.73 Å². The molecule has 138 valence electrons. The number of hydrogen-bond acceptors (Lipinski definition) is 4. The molecular formula is C21H21FN4O. The Balaban J connectivity index is 1.61. The minimum atomic E-state index is -0.214. The lowest BCUT2D eigenvalue weighted by Gasteiger charge is -2.36. The van der Waals surface area contributed by atoms with Crippen molar-refractivity contribution in [1.82, 2.24) is 14.9 Å². The Labute approximate surface area is 157 Å². The number of hydrogen-bond donors (Lipinski definition) is 1. The number of anilines is 1. The van der Waals surface area contributed by atoms with Crippen molar-refractivity contribution in [2.45, 2.75) is 31.7 Å². The third-order valence-electron chi connectivity index (χ3n) is 5.22. The fourth-order valence-corrected chi connectivity index (χ4v) is 3.77. The van der Waals surface area contributed by atoms with Crippen LogP contribution in [0.2, 0.25) is 0 Å². The van der Waals surface area contributed by atoms with Gasteiger partial charge in [-0.15, -0.1) is 0 Å². The van der Waals surface area contributed by atoms with Crippen LogP contribution in [0.15, 0.2) is 48.8 Å². The zero-order chi connectivity index (χ0) is 18.8. The smallest absolute Gasteiger partial charge is 0.254 e. The minimum absolute atomic E-state index is 0.00526. The Morgan fingerprint density at radius 2 is 2.04 bits per heavy atom. The Morgan fingerprint density at radius 1 is 1.19 bits per heavy atom. The van der Waals surface area contributed by atoms with Crippen molar-refractivity contribution in [1.29, 1.82) is 0 Å². The first kappa shape index (κ1) is 17.4. The molecule has 1 fully saturated rings. The maximum absolute atomic E-state index is 14.1. The van der Waals surface area contributed by atoms with E-state index < -0.39 is 0 Å². The zero-order valence-corrected chi connectivity index (χ0v) is 14.9. The summed E-state index contributed by atoms with van der Waals surface area (Å²) >= 11 is 0. The molecule has 2 aromatic carbocycles. The average Bonchev–Trinajstić information content (AvgIpc) is 2.69. The maximum atomic E-state index is 14.1. The number of carbonyl (C=O) groups excluding carboxylic acids is 1. The summed E-state index contributed by atoms with van der Waals surface area (Å²) in [6.07, 6.45) is 4.81. The molecule has 0 aliphatic carbocycles. The molecule has 4 rings (SSSR count). The van der Waals surface area contributed by atoms with Crippen LogP contribution in [-0.2, 0) is 6.42 Å². The molecule has 1 aromatic heterocycles. The van der Waals surface area contributed by atoms with Gasteiger partial charge in [-0.25, -0.2) is 14.4 Å². The van der Waals surface area contributed by atoms with Crippen molar-refractivity contribution in [2.24, 2.45) is 0 Å². The lowest BCUT2D eigenvalue weighted by Crippen LogP contribution is -2.45. The molecule has 2 N–H and O–H groups in total. The first-order chi connectivity index (χ1) is 13.1. The second-order valence-electron chi connectivity index (χ2n) is 6.93. The normalized spacial score (nSPS) is 17.2. The fraction of sp³-hybridized carbons (Fsp3) is 0.286. The number of rotatable bonds is 3. The number of nitrogen functional groups attached to an aromatic ring is 1. The summed E-state index contributed by atoms with van der Waals surface area (Å²) in [6, 6.07) is 12.1. The van der Waals surface area contributed by atoms with Gasteiger partial charge in [0.25, 0.3) is 5.91 Å². The molecule has 27 heavy (non-hydrogen) atoms. The van der Waals surface area contributed by atoms with Crippen LogP contribution in [0.4, 0.5) is 10.2 Å². The molecule has 1 atom stereocenters. The van der Waals surface area contributed by atoms with E-state index in [0.29, 0.717) is 35.4 Å². The highest BCUT2D eigenvalue weighted by molar-refractivity contribution is 5.99. The first-order valence-corrected chi connectivity index (χ1v) is 9.18. The van der Waals surface area contributed by atoms with Crippen LogP contribution in [0.3, 0.4) is 0 Å². The number of halogens is 1. The van der Waals surface area contributed by atoms with Crippen molar-refractivity contribution in [3.05, 3.63) is 65.7 Å². The molecule has 0 saturated carbocycles. The van der Waals surface area contributed by atoms with E-state index >= 15 is 0 Å².